The third-order valence-corrected chi connectivity index (χ3v) is 11.3. The van der Waals surface area contributed by atoms with E-state index in [2.05, 4.69) is 26.8 Å². The van der Waals surface area contributed by atoms with Crippen LogP contribution in [0.2, 0.25) is 18.1 Å². The molecule has 0 fully saturated rings. The van der Waals surface area contributed by atoms with Gasteiger partial charge in [0.1, 0.15) is 19.8 Å². The molecule has 2 rings (SSSR count). The molecule has 0 saturated carbocycles. The Morgan fingerprint density at radius 3 is 2.15 bits per heavy atom. The molecule has 146 valence electrons. The fourth-order valence-corrected chi connectivity index (χ4v) is 7.45. The maximum absolute atomic E-state index is 12.7. The van der Waals surface area contributed by atoms with Crippen molar-refractivity contribution in [1.29, 1.82) is 0 Å². The van der Waals surface area contributed by atoms with Crippen LogP contribution in [0.5, 0.6) is 0 Å². The summed E-state index contributed by atoms with van der Waals surface area (Å²) >= 11 is 0. The molecule has 2 atom stereocenters. The van der Waals surface area contributed by atoms with Crippen molar-refractivity contribution in [2.75, 3.05) is 13.2 Å². The number of esters is 2. The first-order valence-corrected chi connectivity index (χ1v) is 12.6. The predicted molar refractivity (Wildman–Crippen MR) is 103 cm³/mol. The van der Waals surface area contributed by atoms with E-state index in [1.165, 1.54) is 0 Å². The summed E-state index contributed by atoms with van der Waals surface area (Å²) in [6.45, 7) is 10.8. The van der Waals surface area contributed by atoms with Crippen LogP contribution in [0.3, 0.4) is 0 Å². The van der Waals surface area contributed by atoms with Crippen LogP contribution in [0.15, 0.2) is 10.5 Å². The van der Waals surface area contributed by atoms with Crippen molar-refractivity contribution in [3.8, 4) is 0 Å². The molecule has 1 aromatic heterocycles. The van der Waals surface area contributed by atoms with Gasteiger partial charge >= 0.3 is 11.9 Å². The largest absolute Gasteiger partial charge is 0.470 e. The lowest BCUT2D eigenvalue weighted by Crippen LogP contribution is -2.45. The zero-order chi connectivity index (χ0) is 19.3. The normalized spacial score (nSPS) is 19.7. The minimum atomic E-state index is -1.69. The van der Waals surface area contributed by atoms with E-state index >= 15 is 0 Å². The number of hydrogen-bond acceptors (Lipinski definition) is 5. The second-order valence-electron chi connectivity index (χ2n) is 6.97. The number of rotatable bonds is 8. The fraction of sp³-hybridized carbons (Fsp3) is 0.700. The van der Waals surface area contributed by atoms with Gasteiger partial charge in [-0.3, -0.25) is 9.59 Å². The van der Waals surface area contributed by atoms with Crippen molar-refractivity contribution in [2.24, 2.45) is 5.92 Å². The van der Waals surface area contributed by atoms with E-state index < -0.39 is 19.9 Å². The van der Waals surface area contributed by atoms with Gasteiger partial charge in [-0.2, -0.15) is 0 Å². The first-order valence-electron chi connectivity index (χ1n) is 9.94. The molecule has 0 aromatic carbocycles. The molecule has 1 unspecified atom stereocenters. The Labute approximate surface area is 157 Å². The smallest absolute Gasteiger partial charge is 0.317 e. The van der Waals surface area contributed by atoms with Crippen LogP contribution < -0.4 is 5.38 Å². The summed E-state index contributed by atoms with van der Waals surface area (Å²) in [5, 5.41) is 1.06. The first-order chi connectivity index (χ1) is 12.5. The third kappa shape index (κ3) is 3.75. The van der Waals surface area contributed by atoms with E-state index in [1.54, 1.807) is 13.8 Å². The average Bonchev–Trinajstić information content (AvgIpc) is 3.07. The van der Waals surface area contributed by atoms with Crippen LogP contribution in [0.4, 0.5) is 0 Å². The number of fused-ring (bicyclic) bond motifs is 1. The van der Waals surface area contributed by atoms with Crippen LogP contribution in [0.1, 0.15) is 58.3 Å². The summed E-state index contributed by atoms with van der Waals surface area (Å²) in [5.74, 6) is -1.30. The predicted octanol–water partition coefficient (Wildman–Crippen LogP) is 3.77. The zero-order valence-corrected chi connectivity index (χ0v) is 17.7. The van der Waals surface area contributed by atoms with E-state index in [0.29, 0.717) is 18.8 Å². The van der Waals surface area contributed by atoms with Gasteiger partial charge in [-0.15, -0.1) is 0 Å². The van der Waals surface area contributed by atoms with E-state index in [9.17, 15) is 9.59 Å². The number of carbonyl (C=O) groups is 2. The quantitative estimate of drug-likeness (QED) is 0.507. The maximum Gasteiger partial charge on any atom is 0.317 e. The maximum atomic E-state index is 12.7. The number of furan rings is 1. The molecule has 1 aromatic rings. The van der Waals surface area contributed by atoms with Crippen molar-refractivity contribution in [1.82, 2.24) is 0 Å². The molecule has 1 aliphatic carbocycles. The summed E-state index contributed by atoms with van der Waals surface area (Å²) in [4.78, 5) is 25.1. The summed E-state index contributed by atoms with van der Waals surface area (Å²) < 4.78 is 16.8. The van der Waals surface area contributed by atoms with Gasteiger partial charge in [-0.05, 0) is 38.3 Å². The molecule has 1 aliphatic rings. The molecular formula is C20H32O5Si. The molecule has 0 amide bonds. The van der Waals surface area contributed by atoms with E-state index in [0.717, 1.165) is 35.5 Å². The van der Waals surface area contributed by atoms with Gasteiger partial charge in [0.25, 0.3) is 0 Å². The number of carbonyl (C=O) groups excluding carboxylic acids is 2. The second kappa shape index (κ2) is 8.89. The van der Waals surface area contributed by atoms with Gasteiger partial charge < -0.3 is 13.9 Å². The Morgan fingerprint density at radius 2 is 1.62 bits per heavy atom. The highest BCUT2D eigenvalue weighted by atomic mass is 28.3. The molecule has 0 bridgehead atoms. The monoisotopic (exact) mass is 380 g/mol. The van der Waals surface area contributed by atoms with Gasteiger partial charge in [-0.25, -0.2) is 0 Å². The SMILES string of the molecule is CCOC(=O)C1CCc2cc([Si](CC)(CC)CC)oc2[C@@H]1C(=O)OCC. The van der Waals surface area contributed by atoms with Gasteiger partial charge in [0, 0.05) is 0 Å². The van der Waals surface area contributed by atoms with Crippen LogP contribution in [-0.4, -0.2) is 33.2 Å². The van der Waals surface area contributed by atoms with Crippen LogP contribution in [0, 0.1) is 5.92 Å². The Kier molecular flexibility index (Phi) is 7.09. The van der Waals surface area contributed by atoms with Gasteiger partial charge in [0.15, 0.2) is 0 Å². The molecular weight excluding hydrogens is 348 g/mol. The summed E-state index contributed by atoms with van der Waals surface area (Å²) in [6, 6.07) is 5.49. The number of ether oxygens (including phenoxy) is 2. The van der Waals surface area contributed by atoms with Crippen LogP contribution in [0.25, 0.3) is 0 Å². The summed E-state index contributed by atoms with van der Waals surface area (Å²) in [7, 11) is -1.69. The Bertz CT molecular complexity index is 624. The molecule has 5 nitrogen and oxygen atoms in total. The Morgan fingerprint density at radius 1 is 1.04 bits per heavy atom. The van der Waals surface area contributed by atoms with Crippen molar-refractivity contribution < 1.29 is 23.5 Å². The lowest BCUT2D eigenvalue weighted by atomic mass is 9.79. The zero-order valence-electron chi connectivity index (χ0n) is 16.7. The standard InChI is InChI=1S/C20H32O5Si/c1-6-23-19(21)15-12-11-14-13-16(26(8-3,9-4)10-5)25-18(14)17(15)20(22)24-7-2/h13,15,17H,6-12H2,1-5H3/t15?,17-/m1/s1. The van der Waals surface area contributed by atoms with E-state index in [1.807, 2.05) is 0 Å². The lowest BCUT2D eigenvalue weighted by molar-refractivity contribution is -0.158. The van der Waals surface area contributed by atoms with Crippen LogP contribution >= 0.6 is 0 Å². The molecule has 6 heteroatoms. The van der Waals surface area contributed by atoms with E-state index in [-0.39, 0.29) is 18.5 Å². The fourth-order valence-electron chi connectivity index (χ4n) is 4.10. The second-order valence-corrected chi connectivity index (χ2v) is 12.1. The summed E-state index contributed by atoms with van der Waals surface area (Å²) in [5.41, 5.74) is 1.06. The highest BCUT2D eigenvalue weighted by molar-refractivity contribution is 6.90. The number of hydrogen-bond donors (Lipinski definition) is 0. The average molecular weight is 381 g/mol. The molecule has 1 heterocycles. The Balaban J connectivity index is 2.47. The number of aryl methyl sites for hydroxylation is 1. The van der Waals surface area contributed by atoms with Crippen molar-refractivity contribution in [3.63, 3.8) is 0 Å². The van der Waals surface area contributed by atoms with E-state index in [4.69, 9.17) is 13.9 Å². The summed E-state index contributed by atoms with van der Waals surface area (Å²) in [6.07, 6.45) is 1.33. The van der Waals surface area contributed by atoms with Crippen molar-refractivity contribution >= 4 is 25.4 Å². The highest BCUT2D eigenvalue weighted by Gasteiger charge is 2.45. The van der Waals surface area contributed by atoms with Crippen molar-refractivity contribution in [2.45, 2.75) is 71.5 Å². The van der Waals surface area contributed by atoms with Crippen LogP contribution in [-0.2, 0) is 25.5 Å². The van der Waals surface area contributed by atoms with Gasteiger partial charge in [0.2, 0.25) is 0 Å². The molecule has 26 heavy (non-hydrogen) atoms. The molecule has 0 aliphatic heterocycles. The molecule has 0 saturated heterocycles. The highest BCUT2D eigenvalue weighted by Crippen LogP contribution is 2.39. The van der Waals surface area contributed by atoms with Gasteiger partial charge in [-0.1, -0.05) is 38.9 Å². The topological polar surface area (TPSA) is 65.7 Å². The molecule has 0 spiro atoms. The molecule has 0 N–H and O–H groups in total. The Hall–Kier alpha value is -1.56. The third-order valence-electron chi connectivity index (χ3n) is 5.93. The minimum Gasteiger partial charge on any atom is -0.470 e. The lowest BCUT2D eigenvalue weighted by Gasteiger charge is -2.27. The minimum absolute atomic E-state index is 0.283. The van der Waals surface area contributed by atoms with Crippen molar-refractivity contribution in [3.05, 3.63) is 17.4 Å². The first kappa shape index (κ1) is 20.7. The molecule has 0 radical (unpaired) electrons. The van der Waals surface area contributed by atoms with Gasteiger partial charge in [0.05, 0.1) is 24.5 Å².